The standard InChI is InChI=1S/C69H42N2/c1-3-19-49-43(15-1)17-13-25-51(49)45-31-35-59-57-23-7-11-29-65(57)70(67(59)39-45)47-33-37-55-56-38-34-48(42-64(56)69(63(55)41-47)61-27-9-5-21-53(61)54-22-6-10-28-62(54)69)71-66-30-12-8-24-58(66)60-36-32-46(40-68(60)71)52-26-14-18-44-16-2-4-20-50(44)52/h1-42H. The molecule has 2 aromatic heterocycles. The van der Waals surface area contributed by atoms with Gasteiger partial charge in [0.1, 0.15) is 0 Å². The van der Waals surface area contributed by atoms with Crippen molar-refractivity contribution >= 4 is 65.2 Å². The van der Waals surface area contributed by atoms with Gasteiger partial charge in [0.05, 0.1) is 27.5 Å². The van der Waals surface area contributed by atoms with E-state index in [1.165, 1.54) is 132 Å². The Morgan fingerprint density at radius 1 is 0.225 bits per heavy atom. The molecule has 71 heavy (non-hydrogen) atoms. The Morgan fingerprint density at radius 3 is 1.08 bits per heavy atom. The molecule has 2 heterocycles. The van der Waals surface area contributed by atoms with Crippen molar-refractivity contribution in [3.63, 3.8) is 0 Å². The van der Waals surface area contributed by atoms with E-state index in [-0.39, 0.29) is 0 Å². The van der Waals surface area contributed by atoms with Gasteiger partial charge in [0.25, 0.3) is 0 Å². The van der Waals surface area contributed by atoms with Crippen molar-refractivity contribution in [3.05, 3.63) is 277 Å². The molecular weight excluding hydrogens is 857 g/mol. The molecule has 0 aliphatic heterocycles. The largest absolute Gasteiger partial charge is 0.309 e. The van der Waals surface area contributed by atoms with Crippen LogP contribution in [0.15, 0.2) is 255 Å². The number of fused-ring (bicyclic) bond motifs is 18. The molecule has 0 unspecified atom stereocenters. The Kier molecular flexibility index (Phi) is 7.85. The first-order chi connectivity index (χ1) is 35.2. The zero-order valence-electron chi connectivity index (χ0n) is 38.6. The first-order valence-electron chi connectivity index (χ1n) is 24.7. The van der Waals surface area contributed by atoms with Crippen molar-refractivity contribution in [2.45, 2.75) is 5.41 Å². The Labute approximate surface area is 410 Å². The highest BCUT2D eigenvalue weighted by Gasteiger charge is 2.52. The molecule has 0 N–H and O–H groups in total. The third kappa shape index (κ3) is 5.21. The normalized spacial score (nSPS) is 13.2. The van der Waals surface area contributed by atoms with E-state index in [9.17, 15) is 0 Å². The van der Waals surface area contributed by atoms with E-state index in [2.05, 4.69) is 264 Å². The van der Waals surface area contributed by atoms with Crippen LogP contribution in [0.1, 0.15) is 22.3 Å². The summed E-state index contributed by atoms with van der Waals surface area (Å²) >= 11 is 0. The maximum atomic E-state index is 2.53. The maximum absolute atomic E-state index is 2.53. The second kappa shape index (κ2) is 14.4. The Balaban J connectivity index is 0.952. The predicted octanol–water partition coefficient (Wildman–Crippen LogP) is 17.9. The molecule has 2 nitrogen and oxygen atoms in total. The number of para-hydroxylation sites is 2. The number of rotatable bonds is 4. The third-order valence-corrected chi connectivity index (χ3v) is 16.1. The molecule has 0 saturated carbocycles. The van der Waals surface area contributed by atoms with E-state index < -0.39 is 5.41 Å². The molecule has 0 bridgehead atoms. The molecule has 2 aliphatic rings. The SMILES string of the molecule is c1ccc2c(c1)-c1ccccc1C21c2cc(-n3c4ccccc4c4ccc(-c5cccc6ccccc56)cc43)ccc2-c2ccc(-n3c4ccccc4c4ccc(-c5cccc6ccccc56)cc43)cc21. The van der Waals surface area contributed by atoms with Crippen molar-refractivity contribution in [1.82, 2.24) is 9.13 Å². The quantitative estimate of drug-likeness (QED) is 0.167. The summed E-state index contributed by atoms with van der Waals surface area (Å²) in [5.41, 5.74) is 21.9. The van der Waals surface area contributed by atoms with Gasteiger partial charge in [-0.1, -0.05) is 206 Å². The van der Waals surface area contributed by atoms with Crippen LogP contribution in [0.4, 0.5) is 0 Å². The van der Waals surface area contributed by atoms with Crippen molar-refractivity contribution in [3.8, 4) is 55.9 Å². The van der Waals surface area contributed by atoms with E-state index in [1.807, 2.05) is 0 Å². The zero-order chi connectivity index (χ0) is 46.4. The van der Waals surface area contributed by atoms with E-state index in [4.69, 9.17) is 0 Å². The number of nitrogens with zero attached hydrogens (tertiary/aromatic N) is 2. The number of benzene rings is 12. The van der Waals surface area contributed by atoms with Crippen LogP contribution in [0.2, 0.25) is 0 Å². The molecule has 2 aliphatic carbocycles. The lowest BCUT2D eigenvalue weighted by Gasteiger charge is -2.31. The summed E-state index contributed by atoms with van der Waals surface area (Å²) in [4.78, 5) is 0. The molecule has 0 radical (unpaired) electrons. The molecular formula is C69H42N2. The molecule has 14 aromatic rings. The van der Waals surface area contributed by atoms with Gasteiger partial charge in [0, 0.05) is 32.9 Å². The fourth-order valence-electron chi connectivity index (χ4n) is 13.2. The van der Waals surface area contributed by atoms with Crippen molar-refractivity contribution in [2.24, 2.45) is 0 Å². The minimum absolute atomic E-state index is 0.566. The van der Waals surface area contributed by atoms with Crippen LogP contribution < -0.4 is 0 Å². The van der Waals surface area contributed by atoms with Crippen LogP contribution in [-0.4, -0.2) is 9.13 Å². The minimum Gasteiger partial charge on any atom is -0.309 e. The maximum Gasteiger partial charge on any atom is 0.0727 e. The molecule has 0 fully saturated rings. The van der Waals surface area contributed by atoms with Gasteiger partial charge in [-0.15, -0.1) is 0 Å². The monoisotopic (exact) mass is 898 g/mol. The molecule has 12 aromatic carbocycles. The van der Waals surface area contributed by atoms with E-state index in [0.717, 1.165) is 11.4 Å². The van der Waals surface area contributed by atoms with Gasteiger partial charge in [-0.2, -0.15) is 0 Å². The number of aromatic nitrogens is 2. The van der Waals surface area contributed by atoms with Crippen molar-refractivity contribution < 1.29 is 0 Å². The molecule has 2 heteroatoms. The van der Waals surface area contributed by atoms with Crippen LogP contribution in [0.5, 0.6) is 0 Å². The second-order valence-corrected chi connectivity index (χ2v) is 19.5. The molecule has 328 valence electrons. The summed E-state index contributed by atoms with van der Waals surface area (Å²) in [6, 6.07) is 95.6. The smallest absolute Gasteiger partial charge is 0.0727 e. The summed E-state index contributed by atoms with van der Waals surface area (Å²) < 4.78 is 5.03. The fourth-order valence-corrected chi connectivity index (χ4v) is 13.2. The average Bonchev–Trinajstić information content (AvgIpc) is 4.14. The van der Waals surface area contributed by atoms with Gasteiger partial charge in [-0.05, 0) is 137 Å². The predicted molar refractivity (Wildman–Crippen MR) is 297 cm³/mol. The average molecular weight is 899 g/mol. The Bertz CT molecular complexity index is 4290. The molecule has 0 atom stereocenters. The highest BCUT2D eigenvalue weighted by Crippen LogP contribution is 2.63. The van der Waals surface area contributed by atoms with Gasteiger partial charge >= 0.3 is 0 Å². The molecule has 16 rings (SSSR count). The van der Waals surface area contributed by atoms with Crippen molar-refractivity contribution in [2.75, 3.05) is 0 Å². The first-order valence-corrected chi connectivity index (χ1v) is 24.7. The van der Waals surface area contributed by atoms with Crippen LogP contribution in [0.3, 0.4) is 0 Å². The second-order valence-electron chi connectivity index (χ2n) is 19.5. The lowest BCUT2D eigenvalue weighted by molar-refractivity contribution is 0.791. The Hall–Kier alpha value is -9.24. The summed E-state index contributed by atoms with van der Waals surface area (Å²) in [7, 11) is 0. The van der Waals surface area contributed by atoms with Gasteiger partial charge in [0.2, 0.25) is 0 Å². The Morgan fingerprint density at radius 2 is 0.592 bits per heavy atom. The van der Waals surface area contributed by atoms with Gasteiger partial charge in [-0.25, -0.2) is 0 Å². The number of hydrogen-bond acceptors (Lipinski definition) is 0. The fraction of sp³-hybridized carbons (Fsp3) is 0.0145. The van der Waals surface area contributed by atoms with E-state index in [0.29, 0.717) is 0 Å². The summed E-state index contributed by atoms with van der Waals surface area (Å²) in [6.45, 7) is 0. The number of hydrogen-bond donors (Lipinski definition) is 0. The van der Waals surface area contributed by atoms with Gasteiger partial charge < -0.3 is 9.13 Å². The van der Waals surface area contributed by atoms with Gasteiger partial charge in [-0.3, -0.25) is 0 Å². The zero-order valence-corrected chi connectivity index (χ0v) is 38.6. The van der Waals surface area contributed by atoms with E-state index in [1.54, 1.807) is 0 Å². The molecule has 0 amide bonds. The van der Waals surface area contributed by atoms with Crippen LogP contribution in [0.25, 0.3) is 121 Å². The first kappa shape index (κ1) is 38.7. The lowest BCUT2D eigenvalue weighted by Crippen LogP contribution is -2.26. The topological polar surface area (TPSA) is 9.86 Å². The highest BCUT2D eigenvalue weighted by atomic mass is 15.0. The minimum atomic E-state index is -0.566. The van der Waals surface area contributed by atoms with Crippen LogP contribution in [-0.2, 0) is 5.41 Å². The van der Waals surface area contributed by atoms with E-state index >= 15 is 0 Å². The molecule has 0 saturated heterocycles. The molecule has 1 spiro atoms. The van der Waals surface area contributed by atoms with Crippen molar-refractivity contribution in [1.29, 1.82) is 0 Å². The van der Waals surface area contributed by atoms with Crippen LogP contribution in [0, 0.1) is 0 Å². The summed E-state index contributed by atoms with van der Waals surface area (Å²) in [6.07, 6.45) is 0. The van der Waals surface area contributed by atoms with Crippen LogP contribution >= 0.6 is 0 Å². The lowest BCUT2D eigenvalue weighted by atomic mass is 9.70. The van der Waals surface area contributed by atoms with Gasteiger partial charge in [0.15, 0.2) is 0 Å². The summed E-state index contributed by atoms with van der Waals surface area (Å²) in [5.74, 6) is 0. The third-order valence-electron chi connectivity index (χ3n) is 16.1. The highest BCUT2D eigenvalue weighted by molar-refractivity contribution is 6.13. The summed E-state index contributed by atoms with van der Waals surface area (Å²) in [5, 5.41) is 10.0.